The minimum Gasteiger partial charge on any atom is -0.550 e. The van der Waals surface area contributed by atoms with E-state index in [1.807, 2.05) is 13.8 Å². The third-order valence-corrected chi connectivity index (χ3v) is 4.50. The van der Waals surface area contributed by atoms with Crippen molar-refractivity contribution in [2.75, 3.05) is 6.61 Å². The molecule has 0 aromatic carbocycles. The second-order valence-electron chi connectivity index (χ2n) is 4.58. The first kappa shape index (κ1) is 18.9. The molecule has 0 N–H and O–H groups in total. The molecule has 0 amide bonds. The van der Waals surface area contributed by atoms with Crippen LogP contribution in [-0.4, -0.2) is 32.2 Å². The van der Waals surface area contributed by atoms with Gasteiger partial charge in [-0.1, -0.05) is 33.1 Å². The van der Waals surface area contributed by atoms with Crippen LogP contribution in [0.2, 0.25) is 0 Å². The Morgan fingerprint density at radius 1 is 1.20 bits per heavy atom. The molecule has 2 atom stereocenters. The van der Waals surface area contributed by atoms with Gasteiger partial charge in [-0.2, -0.15) is 8.42 Å². The predicted molar refractivity (Wildman–Crippen MR) is 66.6 cm³/mol. The molecule has 0 aliphatic rings. The van der Waals surface area contributed by atoms with Crippen molar-refractivity contribution in [3.8, 4) is 0 Å². The number of carboxylic acid groups (broad SMARTS) is 2. The summed E-state index contributed by atoms with van der Waals surface area (Å²) in [5, 5.41) is 18.8. The van der Waals surface area contributed by atoms with Crippen molar-refractivity contribution in [1.29, 1.82) is 0 Å². The fourth-order valence-corrected chi connectivity index (χ4v) is 2.75. The summed E-state index contributed by atoms with van der Waals surface area (Å²) in [5.41, 5.74) is 0. The average molecular weight is 308 g/mol. The predicted octanol–water partition coefficient (Wildman–Crippen LogP) is -1.19. The summed E-state index contributed by atoms with van der Waals surface area (Å²) in [6.07, 6.45) is 2.13. The van der Waals surface area contributed by atoms with Gasteiger partial charge < -0.3 is 19.8 Å². The highest BCUT2D eigenvalue weighted by molar-refractivity contribution is 7.88. The zero-order valence-corrected chi connectivity index (χ0v) is 12.5. The van der Waals surface area contributed by atoms with E-state index in [0.29, 0.717) is 6.42 Å². The first-order valence-corrected chi connectivity index (χ1v) is 8.00. The lowest BCUT2D eigenvalue weighted by Crippen LogP contribution is -2.45. The van der Waals surface area contributed by atoms with Gasteiger partial charge in [0.1, 0.15) is 5.25 Å². The van der Waals surface area contributed by atoms with Gasteiger partial charge in [-0.25, -0.2) is 0 Å². The van der Waals surface area contributed by atoms with Crippen LogP contribution in [0.1, 0.15) is 46.0 Å². The van der Waals surface area contributed by atoms with Crippen molar-refractivity contribution < 1.29 is 32.4 Å². The number of rotatable bonds is 11. The number of hydrogen-bond donors (Lipinski definition) is 0. The fraction of sp³-hybridized carbons (Fsp3) is 0.833. The van der Waals surface area contributed by atoms with Gasteiger partial charge in [0, 0.05) is 12.4 Å². The van der Waals surface area contributed by atoms with E-state index in [2.05, 4.69) is 4.18 Å². The lowest BCUT2D eigenvalue weighted by atomic mass is 10.0. The van der Waals surface area contributed by atoms with Crippen LogP contribution in [0.15, 0.2) is 0 Å². The van der Waals surface area contributed by atoms with Gasteiger partial charge in [0.2, 0.25) is 0 Å². The van der Waals surface area contributed by atoms with Gasteiger partial charge in [0.25, 0.3) is 10.1 Å². The molecule has 0 bridgehead atoms. The van der Waals surface area contributed by atoms with E-state index >= 15 is 0 Å². The van der Waals surface area contributed by atoms with Crippen LogP contribution in [0.5, 0.6) is 0 Å². The number of unbranched alkanes of at least 4 members (excludes halogenated alkanes) is 1. The normalized spacial score (nSPS) is 14.7. The molecule has 0 spiro atoms. The minimum atomic E-state index is -4.53. The number of carbonyl (C=O) groups excluding carboxylic acids is 2. The van der Waals surface area contributed by atoms with Crippen molar-refractivity contribution in [1.82, 2.24) is 0 Å². The number of carboxylic acids is 2. The van der Waals surface area contributed by atoms with Crippen molar-refractivity contribution in [2.24, 2.45) is 5.92 Å². The second kappa shape index (κ2) is 8.91. The maximum atomic E-state index is 11.7. The van der Waals surface area contributed by atoms with Gasteiger partial charge in [0.15, 0.2) is 0 Å². The molecule has 0 saturated carbocycles. The summed E-state index contributed by atoms with van der Waals surface area (Å²) < 4.78 is 28.0. The lowest BCUT2D eigenvalue weighted by Gasteiger charge is -2.20. The van der Waals surface area contributed by atoms with Gasteiger partial charge in [-0.05, 0) is 12.3 Å². The molecule has 0 fully saturated rings. The van der Waals surface area contributed by atoms with E-state index in [1.165, 1.54) is 0 Å². The summed E-state index contributed by atoms with van der Waals surface area (Å²) >= 11 is 0. The quantitative estimate of drug-likeness (QED) is 0.439. The maximum absolute atomic E-state index is 11.7. The highest BCUT2D eigenvalue weighted by Crippen LogP contribution is 2.16. The summed E-state index contributed by atoms with van der Waals surface area (Å²) in [7, 11) is -4.53. The molecular weight excluding hydrogens is 288 g/mol. The minimum absolute atomic E-state index is 0.0184. The van der Waals surface area contributed by atoms with E-state index in [9.17, 15) is 28.2 Å². The Labute approximate surface area is 119 Å². The van der Waals surface area contributed by atoms with E-state index in [-0.39, 0.29) is 12.5 Å². The lowest BCUT2D eigenvalue weighted by molar-refractivity contribution is -0.314. The zero-order chi connectivity index (χ0) is 15.8. The average Bonchev–Trinajstić information content (AvgIpc) is 2.35. The first-order chi connectivity index (χ1) is 9.24. The molecule has 118 valence electrons. The largest absolute Gasteiger partial charge is 0.550 e. The van der Waals surface area contributed by atoms with E-state index in [0.717, 1.165) is 19.3 Å². The van der Waals surface area contributed by atoms with E-state index < -0.39 is 33.7 Å². The standard InChI is InChI=1S/C12H22O7S/c1-3-5-6-9(4-2)8-19-20(17,18)10(12(15)16)7-11(13)14/h9-10H,3-8H2,1-2H3,(H,13,14)(H,15,16)/p-2. The molecule has 7 nitrogen and oxygen atoms in total. The molecule has 0 aliphatic heterocycles. The van der Waals surface area contributed by atoms with Crippen LogP contribution in [0.25, 0.3) is 0 Å². The van der Waals surface area contributed by atoms with Crippen molar-refractivity contribution >= 4 is 22.1 Å². The third-order valence-electron chi connectivity index (χ3n) is 2.97. The van der Waals surface area contributed by atoms with Gasteiger partial charge in [0.05, 0.1) is 12.6 Å². The Bertz CT molecular complexity index is 416. The molecule has 0 heterocycles. The number of carbonyl (C=O) groups is 2. The zero-order valence-electron chi connectivity index (χ0n) is 11.7. The first-order valence-electron chi connectivity index (χ1n) is 6.53. The maximum Gasteiger partial charge on any atom is 0.276 e. The molecule has 0 rings (SSSR count). The summed E-state index contributed by atoms with van der Waals surface area (Å²) in [6.45, 7) is 3.71. The van der Waals surface area contributed by atoms with E-state index in [1.54, 1.807) is 0 Å². The molecule has 0 radical (unpaired) electrons. The van der Waals surface area contributed by atoms with Crippen LogP contribution >= 0.6 is 0 Å². The van der Waals surface area contributed by atoms with Crippen molar-refractivity contribution in [3.05, 3.63) is 0 Å². The summed E-state index contributed by atoms with van der Waals surface area (Å²) in [5.74, 6) is -3.81. The molecule has 8 heteroatoms. The molecule has 0 saturated heterocycles. The van der Waals surface area contributed by atoms with Gasteiger partial charge >= 0.3 is 0 Å². The van der Waals surface area contributed by atoms with Crippen molar-refractivity contribution in [3.63, 3.8) is 0 Å². The van der Waals surface area contributed by atoms with Crippen LogP contribution in [-0.2, 0) is 23.9 Å². The van der Waals surface area contributed by atoms with Crippen LogP contribution < -0.4 is 10.2 Å². The highest BCUT2D eigenvalue weighted by Gasteiger charge is 2.28. The monoisotopic (exact) mass is 308 g/mol. The Kier molecular flexibility index (Phi) is 8.40. The van der Waals surface area contributed by atoms with Crippen LogP contribution in [0.3, 0.4) is 0 Å². The van der Waals surface area contributed by atoms with Crippen LogP contribution in [0, 0.1) is 5.92 Å². The number of hydrogen-bond acceptors (Lipinski definition) is 7. The summed E-state index contributed by atoms with van der Waals surface area (Å²) in [6, 6.07) is 0. The van der Waals surface area contributed by atoms with Crippen molar-refractivity contribution in [2.45, 2.75) is 51.2 Å². The molecule has 20 heavy (non-hydrogen) atoms. The Morgan fingerprint density at radius 3 is 2.20 bits per heavy atom. The SMILES string of the molecule is CCCCC(CC)COS(=O)(=O)C(CC(=O)[O-])C(=O)[O-]. The molecule has 0 aromatic heterocycles. The molecule has 0 aliphatic carbocycles. The third kappa shape index (κ3) is 6.85. The summed E-state index contributed by atoms with van der Waals surface area (Å²) in [4.78, 5) is 21.1. The van der Waals surface area contributed by atoms with Gasteiger partial charge in [-0.15, -0.1) is 0 Å². The molecule has 0 aromatic rings. The van der Waals surface area contributed by atoms with E-state index in [4.69, 9.17) is 0 Å². The fourth-order valence-electron chi connectivity index (χ4n) is 1.63. The van der Waals surface area contributed by atoms with Gasteiger partial charge in [-0.3, -0.25) is 4.18 Å². The Morgan fingerprint density at radius 2 is 1.80 bits per heavy atom. The highest BCUT2D eigenvalue weighted by atomic mass is 32.2. The Hall–Kier alpha value is -1.15. The smallest absolute Gasteiger partial charge is 0.276 e. The molecular formula is C12H20O7S-2. The topological polar surface area (TPSA) is 124 Å². The second-order valence-corrected chi connectivity index (χ2v) is 6.37. The van der Waals surface area contributed by atoms with Crippen LogP contribution in [0.4, 0.5) is 0 Å². The number of aliphatic carboxylic acids is 2. The molecule has 2 unspecified atom stereocenters. The Balaban J connectivity index is 4.68.